The van der Waals surface area contributed by atoms with E-state index < -0.39 is 26.8 Å². The molecule has 0 aliphatic heterocycles. The zero-order valence-electron chi connectivity index (χ0n) is 13.5. The van der Waals surface area contributed by atoms with Crippen molar-refractivity contribution in [3.63, 3.8) is 0 Å². The molecule has 1 heterocycles. The van der Waals surface area contributed by atoms with Crippen LogP contribution in [0, 0.1) is 11.7 Å². The fourth-order valence-electron chi connectivity index (χ4n) is 2.25. The van der Waals surface area contributed by atoms with Gasteiger partial charge in [-0.1, -0.05) is 38.1 Å². The Hall–Kier alpha value is -2.28. The molecule has 5 nitrogen and oxygen atoms in total. The van der Waals surface area contributed by atoms with E-state index in [0.29, 0.717) is 11.5 Å². The maximum Gasteiger partial charge on any atom is 0.284 e. The lowest BCUT2D eigenvalue weighted by molar-refractivity contribution is -0.118. The Kier molecular flexibility index (Phi) is 5.66. The summed E-state index contributed by atoms with van der Waals surface area (Å²) in [4.78, 5) is 15.4. The summed E-state index contributed by atoms with van der Waals surface area (Å²) in [5.41, 5.74) is 1.83. The van der Waals surface area contributed by atoms with Crippen LogP contribution in [0.15, 0.2) is 47.6 Å². The van der Waals surface area contributed by atoms with Gasteiger partial charge in [0, 0.05) is 6.20 Å². The van der Waals surface area contributed by atoms with Crippen molar-refractivity contribution in [2.45, 2.75) is 31.7 Å². The number of aromatic nitrogens is 1. The topological polar surface area (TPSA) is 76.1 Å². The molecule has 0 saturated heterocycles. The van der Waals surface area contributed by atoms with Gasteiger partial charge in [-0.15, -0.1) is 0 Å². The molecule has 0 spiro atoms. The van der Waals surface area contributed by atoms with Crippen molar-refractivity contribution in [1.29, 1.82) is 0 Å². The molecule has 1 aromatic carbocycles. The van der Waals surface area contributed by atoms with Gasteiger partial charge < -0.3 is 0 Å². The van der Waals surface area contributed by atoms with Gasteiger partial charge in [0.05, 0.1) is 6.42 Å². The lowest BCUT2D eigenvalue weighted by atomic mass is 10.0. The average Bonchev–Trinajstić information content (AvgIpc) is 2.48. The summed E-state index contributed by atoms with van der Waals surface area (Å²) in [6.07, 6.45) is 1.96. The van der Waals surface area contributed by atoms with Gasteiger partial charge in [0.15, 0.2) is 5.82 Å². The van der Waals surface area contributed by atoms with Crippen LogP contribution in [-0.2, 0) is 27.7 Å². The van der Waals surface area contributed by atoms with Crippen LogP contribution in [-0.4, -0.2) is 19.3 Å². The lowest BCUT2D eigenvalue weighted by Gasteiger charge is -2.08. The molecule has 0 bridgehead atoms. The van der Waals surface area contributed by atoms with Gasteiger partial charge in [-0.3, -0.25) is 4.79 Å². The van der Waals surface area contributed by atoms with E-state index in [1.54, 1.807) is 12.1 Å². The molecule has 1 N–H and O–H groups in total. The second-order valence-corrected chi connectivity index (χ2v) is 7.51. The van der Waals surface area contributed by atoms with E-state index in [9.17, 15) is 17.6 Å². The first-order valence-electron chi connectivity index (χ1n) is 7.52. The molecule has 7 heteroatoms. The number of pyridine rings is 1. The first-order chi connectivity index (χ1) is 11.3. The van der Waals surface area contributed by atoms with Crippen molar-refractivity contribution in [2.75, 3.05) is 0 Å². The highest BCUT2D eigenvalue weighted by molar-refractivity contribution is 7.90. The molecule has 1 aromatic heterocycles. The molecule has 0 atom stereocenters. The zero-order valence-corrected chi connectivity index (χ0v) is 14.3. The second-order valence-electron chi connectivity index (χ2n) is 5.91. The number of carbonyl (C=O) groups excluding carboxylic acids is 1. The van der Waals surface area contributed by atoms with Crippen molar-refractivity contribution in [3.8, 4) is 0 Å². The van der Waals surface area contributed by atoms with E-state index in [1.165, 1.54) is 6.07 Å². The summed E-state index contributed by atoms with van der Waals surface area (Å²) in [5.74, 6) is -1.22. The first kappa shape index (κ1) is 18.1. The molecule has 2 rings (SSSR count). The number of rotatable bonds is 6. The highest BCUT2D eigenvalue weighted by atomic mass is 32.2. The van der Waals surface area contributed by atoms with E-state index in [1.807, 2.05) is 16.9 Å². The van der Waals surface area contributed by atoms with Crippen LogP contribution in [0.5, 0.6) is 0 Å². The minimum atomic E-state index is -4.32. The molecule has 1 amide bonds. The Morgan fingerprint density at radius 1 is 1.17 bits per heavy atom. The predicted octanol–water partition coefficient (Wildman–Crippen LogP) is 2.47. The smallest absolute Gasteiger partial charge is 0.274 e. The maximum absolute atomic E-state index is 13.5. The van der Waals surface area contributed by atoms with Crippen LogP contribution in [0.2, 0.25) is 0 Å². The number of hydrogen-bond donors (Lipinski definition) is 1. The normalized spacial score (nSPS) is 11.5. The lowest BCUT2D eigenvalue weighted by Crippen LogP contribution is -2.32. The monoisotopic (exact) mass is 350 g/mol. The molecule has 0 aliphatic rings. The summed E-state index contributed by atoms with van der Waals surface area (Å²) in [5, 5.41) is -0.786. The number of amides is 1. The minimum absolute atomic E-state index is 0.115. The van der Waals surface area contributed by atoms with Crippen LogP contribution in [0.3, 0.4) is 0 Å². The van der Waals surface area contributed by atoms with Crippen LogP contribution < -0.4 is 4.72 Å². The van der Waals surface area contributed by atoms with Gasteiger partial charge in [-0.25, -0.2) is 14.1 Å². The van der Waals surface area contributed by atoms with Crippen LogP contribution in [0.1, 0.15) is 25.0 Å². The molecule has 0 unspecified atom stereocenters. The molecular weight excluding hydrogens is 331 g/mol. The number of hydrogen-bond acceptors (Lipinski definition) is 4. The Labute approximate surface area is 141 Å². The average molecular weight is 350 g/mol. The molecule has 0 fully saturated rings. The standard InChI is InChI=1S/C17H19FN2O3S/c1-12(2)10-13-5-7-14(8-6-13)11-16(21)20-24(22,23)17-15(18)4-3-9-19-17/h3-9,12H,10-11H2,1-2H3,(H,20,21). The Morgan fingerprint density at radius 3 is 2.38 bits per heavy atom. The van der Waals surface area contributed by atoms with Crippen LogP contribution in [0.25, 0.3) is 0 Å². The fourth-order valence-corrected chi connectivity index (χ4v) is 3.25. The third-order valence-corrected chi connectivity index (χ3v) is 4.56. The molecule has 128 valence electrons. The Balaban J connectivity index is 2.04. The summed E-state index contributed by atoms with van der Waals surface area (Å²) in [6, 6.07) is 9.63. The summed E-state index contributed by atoms with van der Waals surface area (Å²) in [6.45, 7) is 4.23. The number of nitrogens with zero attached hydrogens (tertiary/aromatic N) is 1. The van der Waals surface area contributed by atoms with E-state index in [4.69, 9.17) is 0 Å². The molecule has 0 radical (unpaired) electrons. The highest BCUT2D eigenvalue weighted by Crippen LogP contribution is 2.12. The number of halogens is 1. The number of nitrogens with one attached hydrogen (secondary N) is 1. The third kappa shape index (κ3) is 4.86. The van der Waals surface area contributed by atoms with Gasteiger partial charge in [-0.2, -0.15) is 8.42 Å². The molecule has 0 aliphatic carbocycles. The van der Waals surface area contributed by atoms with Gasteiger partial charge in [0.2, 0.25) is 10.9 Å². The quantitative estimate of drug-likeness (QED) is 0.868. The zero-order chi connectivity index (χ0) is 17.7. The largest absolute Gasteiger partial charge is 0.284 e. The summed E-state index contributed by atoms with van der Waals surface area (Å²) in [7, 11) is -4.32. The van der Waals surface area contributed by atoms with Crippen LogP contribution >= 0.6 is 0 Å². The van der Waals surface area contributed by atoms with Gasteiger partial charge >= 0.3 is 0 Å². The number of carbonyl (C=O) groups is 1. The van der Waals surface area contributed by atoms with E-state index >= 15 is 0 Å². The predicted molar refractivity (Wildman–Crippen MR) is 88.2 cm³/mol. The maximum atomic E-state index is 13.5. The van der Waals surface area contributed by atoms with Gasteiger partial charge in [0.1, 0.15) is 0 Å². The highest BCUT2D eigenvalue weighted by Gasteiger charge is 2.23. The van der Waals surface area contributed by atoms with E-state index in [2.05, 4.69) is 18.8 Å². The van der Waals surface area contributed by atoms with Crippen molar-refractivity contribution < 1.29 is 17.6 Å². The molecule has 2 aromatic rings. The fraction of sp³-hybridized carbons (Fsp3) is 0.294. The van der Waals surface area contributed by atoms with Crippen LogP contribution in [0.4, 0.5) is 4.39 Å². The van der Waals surface area contributed by atoms with Crippen molar-refractivity contribution in [2.24, 2.45) is 5.92 Å². The second kappa shape index (κ2) is 7.53. The van der Waals surface area contributed by atoms with Crippen molar-refractivity contribution in [3.05, 3.63) is 59.5 Å². The summed E-state index contributed by atoms with van der Waals surface area (Å²) >= 11 is 0. The van der Waals surface area contributed by atoms with E-state index in [0.717, 1.165) is 24.2 Å². The van der Waals surface area contributed by atoms with E-state index in [-0.39, 0.29) is 6.42 Å². The number of benzene rings is 1. The third-order valence-electron chi connectivity index (χ3n) is 3.26. The molecular formula is C17H19FN2O3S. The molecule has 0 saturated carbocycles. The summed E-state index contributed by atoms with van der Waals surface area (Å²) < 4.78 is 39.3. The van der Waals surface area contributed by atoms with Gasteiger partial charge in [-0.05, 0) is 35.6 Å². The Bertz CT molecular complexity index is 818. The minimum Gasteiger partial charge on any atom is -0.274 e. The molecule has 24 heavy (non-hydrogen) atoms. The van der Waals surface area contributed by atoms with Crippen molar-refractivity contribution >= 4 is 15.9 Å². The SMILES string of the molecule is CC(C)Cc1ccc(CC(=O)NS(=O)(=O)c2ncccc2F)cc1. The first-order valence-corrected chi connectivity index (χ1v) is 9.00. The number of sulfonamides is 1. The Morgan fingerprint density at radius 2 is 1.79 bits per heavy atom. The van der Waals surface area contributed by atoms with Crippen molar-refractivity contribution in [1.82, 2.24) is 9.71 Å². The van der Waals surface area contributed by atoms with Gasteiger partial charge in [0.25, 0.3) is 10.0 Å².